The molecule has 0 amide bonds. The summed E-state index contributed by atoms with van der Waals surface area (Å²) in [4.78, 5) is 10.7. The number of aryl methyl sites for hydroxylation is 1. The molecular weight excluding hydrogens is 200 g/mol. The van der Waals surface area contributed by atoms with Crippen LogP contribution >= 0.6 is 11.6 Å². The van der Waals surface area contributed by atoms with Crippen molar-refractivity contribution in [3.8, 4) is 0 Å². The molecule has 0 radical (unpaired) electrons. The van der Waals surface area contributed by atoms with E-state index < -0.39 is 5.60 Å². The summed E-state index contributed by atoms with van der Waals surface area (Å²) in [5, 5.41) is 10.5. The molecule has 1 unspecified atom stereocenters. The van der Waals surface area contributed by atoms with Gasteiger partial charge in [-0.25, -0.2) is 0 Å². The lowest BCUT2D eigenvalue weighted by atomic mass is 9.81. The van der Waals surface area contributed by atoms with Gasteiger partial charge in [-0.3, -0.25) is 0 Å². The SMILES string of the molecule is O=CC1(O)CCc2ccc(Cl)cc2C1. The molecular formula is C11H11ClO2. The molecule has 0 fully saturated rings. The van der Waals surface area contributed by atoms with Gasteiger partial charge < -0.3 is 9.90 Å². The van der Waals surface area contributed by atoms with Crippen molar-refractivity contribution in [2.45, 2.75) is 24.9 Å². The second-order valence-electron chi connectivity index (χ2n) is 3.81. The van der Waals surface area contributed by atoms with Gasteiger partial charge in [0.2, 0.25) is 0 Å². The molecule has 0 aliphatic heterocycles. The second kappa shape index (κ2) is 3.37. The van der Waals surface area contributed by atoms with Crippen LogP contribution in [0, 0.1) is 0 Å². The molecule has 1 N–H and O–H groups in total. The maximum atomic E-state index is 10.7. The summed E-state index contributed by atoms with van der Waals surface area (Å²) in [5.41, 5.74) is 0.983. The number of fused-ring (bicyclic) bond motifs is 1. The molecule has 1 atom stereocenters. The molecule has 0 spiro atoms. The Labute approximate surface area is 87.5 Å². The molecule has 0 aromatic heterocycles. The van der Waals surface area contributed by atoms with Crippen LogP contribution in [0.1, 0.15) is 17.5 Å². The minimum atomic E-state index is -1.18. The fourth-order valence-corrected chi connectivity index (χ4v) is 2.07. The molecule has 2 rings (SSSR count). The highest BCUT2D eigenvalue weighted by Crippen LogP contribution is 2.29. The van der Waals surface area contributed by atoms with E-state index in [-0.39, 0.29) is 0 Å². The largest absolute Gasteiger partial charge is 0.382 e. The quantitative estimate of drug-likeness (QED) is 0.718. The topological polar surface area (TPSA) is 37.3 Å². The Morgan fingerprint density at radius 1 is 1.43 bits per heavy atom. The maximum absolute atomic E-state index is 10.7. The van der Waals surface area contributed by atoms with Gasteiger partial charge in [-0.1, -0.05) is 17.7 Å². The maximum Gasteiger partial charge on any atom is 0.151 e. The van der Waals surface area contributed by atoms with E-state index >= 15 is 0 Å². The standard InChI is InChI=1S/C11H11ClO2/c12-10-2-1-8-3-4-11(14,7-13)6-9(8)5-10/h1-2,5,7,14H,3-4,6H2. The summed E-state index contributed by atoms with van der Waals surface area (Å²) >= 11 is 5.84. The van der Waals surface area contributed by atoms with Gasteiger partial charge in [-0.2, -0.15) is 0 Å². The number of aliphatic hydroxyl groups is 1. The zero-order chi connectivity index (χ0) is 10.2. The van der Waals surface area contributed by atoms with Gasteiger partial charge in [0.15, 0.2) is 6.29 Å². The normalized spacial score (nSPS) is 25.6. The highest BCUT2D eigenvalue weighted by atomic mass is 35.5. The Morgan fingerprint density at radius 2 is 2.21 bits per heavy atom. The Hall–Kier alpha value is -0.860. The molecule has 74 valence electrons. The van der Waals surface area contributed by atoms with Gasteiger partial charge in [0.05, 0.1) is 0 Å². The van der Waals surface area contributed by atoms with Crippen molar-refractivity contribution in [3.05, 3.63) is 34.3 Å². The summed E-state index contributed by atoms with van der Waals surface area (Å²) in [7, 11) is 0. The van der Waals surface area contributed by atoms with Crippen LogP contribution in [0.15, 0.2) is 18.2 Å². The van der Waals surface area contributed by atoms with Crippen LogP contribution in [-0.4, -0.2) is 17.0 Å². The van der Waals surface area contributed by atoms with E-state index in [1.807, 2.05) is 18.2 Å². The first kappa shape index (κ1) is 9.69. The summed E-state index contributed by atoms with van der Waals surface area (Å²) in [6.45, 7) is 0. The molecule has 14 heavy (non-hydrogen) atoms. The Bertz CT molecular complexity index is 376. The predicted octanol–water partition coefficient (Wildman–Crippen LogP) is 1.76. The number of carbonyl (C=O) groups is 1. The third-order valence-corrected chi connectivity index (χ3v) is 2.95. The number of benzene rings is 1. The fraction of sp³-hybridized carbons (Fsp3) is 0.364. The van der Waals surface area contributed by atoms with Crippen LogP contribution in [0.25, 0.3) is 0 Å². The summed E-state index contributed by atoms with van der Waals surface area (Å²) in [6.07, 6.45) is 2.26. The molecule has 0 saturated carbocycles. The average molecular weight is 211 g/mol. The van der Waals surface area contributed by atoms with E-state index in [1.165, 1.54) is 5.56 Å². The monoisotopic (exact) mass is 210 g/mol. The fourth-order valence-electron chi connectivity index (χ4n) is 1.87. The van der Waals surface area contributed by atoms with Gasteiger partial charge in [-0.15, -0.1) is 0 Å². The third-order valence-electron chi connectivity index (χ3n) is 2.71. The van der Waals surface area contributed by atoms with E-state index in [9.17, 15) is 9.90 Å². The van der Waals surface area contributed by atoms with E-state index in [0.717, 1.165) is 12.0 Å². The number of hydrogen-bond donors (Lipinski definition) is 1. The number of carbonyl (C=O) groups excluding carboxylic acids is 1. The first-order valence-electron chi connectivity index (χ1n) is 4.59. The van der Waals surface area contributed by atoms with Crippen LogP contribution in [0.3, 0.4) is 0 Å². The second-order valence-corrected chi connectivity index (χ2v) is 4.25. The molecule has 1 aromatic rings. The first-order chi connectivity index (χ1) is 6.63. The van der Waals surface area contributed by atoms with Crippen molar-refractivity contribution in [2.24, 2.45) is 0 Å². The minimum absolute atomic E-state index is 0.381. The average Bonchev–Trinajstić information content (AvgIpc) is 2.17. The third kappa shape index (κ3) is 1.68. The van der Waals surface area contributed by atoms with E-state index in [1.54, 1.807) is 0 Å². The highest BCUT2D eigenvalue weighted by Gasteiger charge is 2.31. The van der Waals surface area contributed by atoms with Crippen molar-refractivity contribution >= 4 is 17.9 Å². The zero-order valence-electron chi connectivity index (χ0n) is 7.66. The lowest BCUT2D eigenvalue weighted by Gasteiger charge is -2.28. The van der Waals surface area contributed by atoms with Crippen molar-refractivity contribution in [3.63, 3.8) is 0 Å². The number of rotatable bonds is 1. The van der Waals surface area contributed by atoms with Gasteiger partial charge in [0.25, 0.3) is 0 Å². The van der Waals surface area contributed by atoms with Crippen LogP contribution in [0.2, 0.25) is 5.02 Å². The van der Waals surface area contributed by atoms with E-state index in [4.69, 9.17) is 11.6 Å². The van der Waals surface area contributed by atoms with Gasteiger partial charge in [-0.05, 0) is 36.1 Å². The Morgan fingerprint density at radius 3 is 2.93 bits per heavy atom. The zero-order valence-corrected chi connectivity index (χ0v) is 8.42. The molecule has 2 nitrogen and oxygen atoms in total. The Kier molecular flexibility index (Phi) is 2.33. The van der Waals surface area contributed by atoms with Crippen molar-refractivity contribution in [2.75, 3.05) is 0 Å². The molecule has 1 aromatic carbocycles. The molecule has 0 bridgehead atoms. The summed E-state index contributed by atoms with van der Waals surface area (Å²) < 4.78 is 0. The number of aldehydes is 1. The van der Waals surface area contributed by atoms with E-state index in [2.05, 4.69) is 0 Å². The first-order valence-corrected chi connectivity index (χ1v) is 4.97. The molecule has 0 heterocycles. The van der Waals surface area contributed by atoms with Gasteiger partial charge >= 0.3 is 0 Å². The molecule has 1 aliphatic carbocycles. The number of hydrogen-bond acceptors (Lipinski definition) is 2. The smallest absolute Gasteiger partial charge is 0.151 e. The van der Waals surface area contributed by atoms with Gasteiger partial charge in [0.1, 0.15) is 5.60 Å². The van der Waals surface area contributed by atoms with Gasteiger partial charge in [0, 0.05) is 11.4 Å². The van der Waals surface area contributed by atoms with E-state index in [0.29, 0.717) is 24.2 Å². The minimum Gasteiger partial charge on any atom is -0.382 e. The highest BCUT2D eigenvalue weighted by molar-refractivity contribution is 6.30. The lowest BCUT2D eigenvalue weighted by Crippen LogP contribution is -2.37. The Balaban J connectivity index is 2.38. The summed E-state index contributed by atoms with van der Waals surface area (Å²) in [5.74, 6) is 0. The van der Waals surface area contributed by atoms with Crippen molar-refractivity contribution in [1.82, 2.24) is 0 Å². The molecule has 1 aliphatic rings. The van der Waals surface area contributed by atoms with Crippen LogP contribution < -0.4 is 0 Å². The lowest BCUT2D eigenvalue weighted by molar-refractivity contribution is -0.125. The van der Waals surface area contributed by atoms with Crippen molar-refractivity contribution in [1.29, 1.82) is 0 Å². The molecule has 3 heteroatoms. The van der Waals surface area contributed by atoms with Crippen LogP contribution in [-0.2, 0) is 17.6 Å². The number of halogens is 1. The predicted molar refractivity (Wildman–Crippen MR) is 54.5 cm³/mol. The van der Waals surface area contributed by atoms with Crippen molar-refractivity contribution < 1.29 is 9.90 Å². The van der Waals surface area contributed by atoms with Crippen LogP contribution in [0.5, 0.6) is 0 Å². The summed E-state index contributed by atoms with van der Waals surface area (Å²) in [6, 6.07) is 5.62. The van der Waals surface area contributed by atoms with Crippen LogP contribution in [0.4, 0.5) is 0 Å². The molecule has 0 saturated heterocycles.